The van der Waals surface area contributed by atoms with Crippen LogP contribution in [0.1, 0.15) is 57.1 Å². The van der Waals surface area contributed by atoms with Crippen molar-refractivity contribution in [2.45, 2.75) is 57.9 Å². The summed E-state index contributed by atoms with van der Waals surface area (Å²) in [7, 11) is 0. The molecular formula is C21H29N5O2. The van der Waals surface area contributed by atoms with Gasteiger partial charge in [0.15, 0.2) is 5.65 Å². The van der Waals surface area contributed by atoms with E-state index in [1.165, 1.54) is 25.7 Å². The number of fused-ring (bicyclic) bond motifs is 1. The summed E-state index contributed by atoms with van der Waals surface area (Å²) < 4.78 is 1.90. The highest BCUT2D eigenvalue weighted by molar-refractivity contribution is 5.79. The molecule has 0 aromatic carbocycles. The number of nitrogens with one attached hydrogen (secondary N) is 1. The maximum absolute atomic E-state index is 12.2. The molecule has 2 fully saturated rings. The van der Waals surface area contributed by atoms with Crippen molar-refractivity contribution in [1.29, 1.82) is 0 Å². The van der Waals surface area contributed by atoms with E-state index in [-0.39, 0.29) is 17.7 Å². The summed E-state index contributed by atoms with van der Waals surface area (Å²) in [6.45, 7) is 4.28. The Bertz CT molecular complexity index is 856. The van der Waals surface area contributed by atoms with Crippen molar-refractivity contribution >= 4 is 22.8 Å². The second-order valence-corrected chi connectivity index (χ2v) is 8.14. The lowest BCUT2D eigenvalue weighted by Crippen LogP contribution is -2.28. The number of aromatic nitrogens is 3. The SMILES string of the molecule is CC(=O)N1CC[C@@H](c2nn(CCNC(=O)CC3CCCC3)c3ncccc23)C1. The molecule has 28 heavy (non-hydrogen) atoms. The molecule has 1 N–H and O–H groups in total. The number of amides is 2. The highest BCUT2D eigenvalue weighted by atomic mass is 16.2. The van der Waals surface area contributed by atoms with Crippen LogP contribution in [-0.4, -0.2) is 51.1 Å². The van der Waals surface area contributed by atoms with Gasteiger partial charge in [0.1, 0.15) is 0 Å². The number of hydrogen-bond donors (Lipinski definition) is 1. The van der Waals surface area contributed by atoms with E-state index in [4.69, 9.17) is 5.10 Å². The molecule has 7 heteroatoms. The van der Waals surface area contributed by atoms with Gasteiger partial charge in [0, 0.05) is 50.5 Å². The molecule has 1 atom stereocenters. The Kier molecular flexibility index (Phi) is 5.59. The zero-order chi connectivity index (χ0) is 19.5. The molecule has 150 valence electrons. The van der Waals surface area contributed by atoms with Crippen LogP contribution in [0, 0.1) is 5.92 Å². The minimum atomic E-state index is 0.120. The average Bonchev–Trinajstić information content (AvgIpc) is 3.41. The van der Waals surface area contributed by atoms with Gasteiger partial charge in [0.05, 0.1) is 12.2 Å². The molecule has 0 bridgehead atoms. The van der Waals surface area contributed by atoms with E-state index in [9.17, 15) is 9.59 Å². The van der Waals surface area contributed by atoms with Crippen LogP contribution < -0.4 is 5.32 Å². The van der Waals surface area contributed by atoms with E-state index < -0.39 is 0 Å². The fourth-order valence-electron chi connectivity index (χ4n) is 4.61. The first-order valence-corrected chi connectivity index (χ1v) is 10.5. The molecule has 2 aliphatic rings. The predicted molar refractivity (Wildman–Crippen MR) is 107 cm³/mol. The maximum Gasteiger partial charge on any atom is 0.220 e. The largest absolute Gasteiger partial charge is 0.354 e. The topological polar surface area (TPSA) is 80.1 Å². The summed E-state index contributed by atoms with van der Waals surface area (Å²) in [5, 5.41) is 8.92. The summed E-state index contributed by atoms with van der Waals surface area (Å²) in [5.41, 5.74) is 1.87. The monoisotopic (exact) mass is 383 g/mol. The van der Waals surface area contributed by atoms with Gasteiger partial charge in [0.25, 0.3) is 0 Å². The van der Waals surface area contributed by atoms with Crippen molar-refractivity contribution in [1.82, 2.24) is 25.0 Å². The van der Waals surface area contributed by atoms with Crippen molar-refractivity contribution in [2.75, 3.05) is 19.6 Å². The van der Waals surface area contributed by atoms with Crippen LogP contribution in [0.4, 0.5) is 0 Å². The number of rotatable bonds is 6. The number of carbonyl (C=O) groups excluding carboxylic acids is 2. The number of pyridine rings is 1. The summed E-state index contributed by atoms with van der Waals surface area (Å²) in [4.78, 5) is 30.2. The maximum atomic E-state index is 12.2. The first-order valence-electron chi connectivity index (χ1n) is 10.5. The van der Waals surface area contributed by atoms with Crippen molar-refractivity contribution < 1.29 is 9.59 Å². The summed E-state index contributed by atoms with van der Waals surface area (Å²) in [6.07, 6.45) is 8.23. The number of nitrogens with zero attached hydrogens (tertiary/aromatic N) is 4. The van der Waals surface area contributed by atoms with Gasteiger partial charge < -0.3 is 10.2 Å². The Morgan fingerprint density at radius 2 is 2.07 bits per heavy atom. The molecule has 2 aromatic heterocycles. The van der Waals surface area contributed by atoms with E-state index in [1.54, 1.807) is 13.1 Å². The van der Waals surface area contributed by atoms with Gasteiger partial charge in [-0.2, -0.15) is 5.10 Å². The average molecular weight is 383 g/mol. The Balaban J connectivity index is 1.41. The van der Waals surface area contributed by atoms with Crippen LogP contribution >= 0.6 is 0 Å². The van der Waals surface area contributed by atoms with E-state index in [0.717, 1.165) is 29.7 Å². The standard InChI is InChI=1S/C21H29N5O2/c1-15(27)25-11-8-17(14-25)20-18-7-4-9-23-21(18)26(24-20)12-10-22-19(28)13-16-5-2-3-6-16/h4,7,9,16-17H,2-3,5-6,8,10-14H2,1H3,(H,22,28)/t17-/m1/s1. The highest BCUT2D eigenvalue weighted by Gasteiger charge is 2.29. The molecule has 1 aliphatic carbocycles. The van der Waals surface area contributed by atoms with Gasteiger partial charge in [-0.15, -0.1) is 0 Å². The first-order chi connectivity index (χ1) is 13.6. The van der Waals surface area contributed by atoms with Gasteiger partial charge in [-0.25, -0.2) is 9.67 Å². The van der Waals surface area contributed by atoms with E-state index in [2.05, 4.69) is 16.4 Å². The normalized spacial score (nSPS) is 20.2. The third-order valence-corrected chi connectivity index (χ3v) is 6.15. The molecule has 3 heterocycles. The number of likely N-dealkylation sites (tertiary alicyclic amines) is 1. The lowest BCUT2D eigenvalue weighted by molar-refractivity contribution is -0.127. The summed E-state index contributed by atoms with van der Waals surface area (Å²) in [5.74, 6) is 1.07. The molecule has 0 unspecified atom stereocenters. The highest BCUT2D eigenvalue weighted by Crippen LogP contribution is 2.31. The zero-order valence-corrected chi connectivity index (χ0v) is 16.6. The molecule has 1 saturated carbocycles. The van der Waals surface area contributed by atoms with Crippen molar-refractivity contribution in [3.63, 3.8) is 0 Å². The minimum Gasteiger partial charge on any atom is -0.354 e. The van der Waals surface area contributed by atoms with Crippen LogP contribution in [0.15, 0.2) is 18.3 Å². The molecule has 4 rings (SSSR count). The second kappa shape index (κ2) is 8.29. The van der Waals surface area contributed by atoms with Gasteiger partial charge in [0.2, 0.25) is 11.8 Å². The van der Waals surface area contributed by atoms with Crippen LogP contribution in [0.5, 0.6) is 0 Å². The Morgan fingerprint density at radius 1 is 1.25 bits per heavy atom. The second-order valence-electron chi connectivity index (χ2n) is 8.14. The van der Waals surface area contributed by atoms with Gasteiger partial charge in [-0.05, 0) is 37.3 Å². The van der Waals surface area contributed by atoms with Gasteiger partial charge in [-0.1, -0.05) is 12.8 Å². The van der Waals surface area contributed by atoms with Crippen molar-refractivity contribution in [3.05, 3.63) is 24.0 Å². The van der Waals surface area contributed by atoms with E-state index in [1.807, 2.05) is 15.6 Å². The van der Waals surface area contributed by atoms with Crippen LogP contribution in [0.25, 0.3) is 11.0 Å². The van der Waals surface area contributed by atoms with Crippen LogP contribution in [0.2, 0.25) is 0 Å². The molecule has 7 nitrogen and oxygen atoms in total. The van der Waals surface area contributed by atoms with Crippen molar-refractivity contribution in [2.24, 2.45) is 5.92 Å². The van der Waals surface area contributed by atoms with Gasteiger partial charge >= 0.3 is 0 Å². The number of hydrogen-bond acceptors (Lipinski definition) is 4. The molecular weight excluding hydrogens is 354 g/mol. The molecule has 2 aromatic rings. The molecule has 0 spiro atoms. The first kappa shape index (κ1) is 18.9. The molecule has 1 aliphatic heterocycles. The summed E-state index contributed by atoms with van der Waals surface area (Å²) >= 11 is 0. The zero-order valence-electron chi connectivity index (χ0n) is 16.6. The third-order valence-electron chi connectivity index (χ3n) is 6.15. The predicted octanol–water partition coefficient (Wildman–Crippen LogP) is 2.46. The fourth-order valence-corrected chi connectivity index (χ4v) is 4.61. The van der Waals surface area contributed by atoms with Crippen LogP contribution in [-0.2, 0) is 16.1 Å². The summed E-state index contributed by atoms with van der Waals surface area (Å²) in [6, 6.07) is 3.98. The smallest absolute Gasteiger partial charge is 0.220 e. The van der Waals surface area contributed by atoms with Gasteiger partial charge in [-0.3, -0.25) is 9.59 Å². The third kappa shape index (κ3) is 4.03. The lowest BCUT2D eigenvalue weighted by Gasteiger charge is -2.13. The molecule has 1 saturated heterocycles. The molecule has 2 amide bonds. The quantitative estimate of drug-likeness (QED) is 0.831. The lowest BCUT2D eigenvalue weighted by atomic mass is 10.0. The van der Waals surface area contributed by atoms with Crippen LogP contribution in [0.3, 0.4) is 0 Å². The minimum absolute atomic E-state index is 0.120. The van der Waals surface area contributed by atoms with Crippen molar-refractivity contribution in [3.8, 4) is 0 Å². The van der Waals surface area contributed by atoms with E-state index >= 15 is 0 Å². The molecule has 0 radical (unpaired) electrons. The Labute approximate surface area is 165 Å². The van der Waals surface area contributed by atoms with E-state index in [0.29, 0.717) is 32.0 Å². The number of carbonyl (C=O) groups is 2. The Morgan fingerprint density at radius 3 is 2.82 bits per heavy atom. The fraction of sp³-hybridized carbons (Fsp3) is 0.619. The Hall–Kier alpha value is -2.44.